The van der Waals surface area contributed by atoms with Gasteiger partial charge in [0.2, 0.25) is 5.78 Å². The highest BCUT2D eigenvalue weighted by molar-refractivity contribution is 9.12. The molecule has 0 aliphatic rings. The van der Waals surface area contributed by atoms with Gasteiger partial charge in [-0.2, -0.15) is 5.10 Å². The summed E-state index contributed by atoms with van der Waals surface area (Å²) in [6, 6.07) is 1.96. The lowest BCUT2D eigenvalue weighted by molar-refractivity contribution is 0.102. The molecule has 7 heteroatoms. The second-order valence-electron chi connectivity index (χ2n) is 3.95. The Hall–Kier alpha value is 0.0200. The molecule has 0 saturated heterocycles. The van der Waals surface area contributed by atoms with Gasteiger partial charge in [0, 0.05) is 6.04 Å². The zero-order valence-electron chi connectivity index (χ0n) is 9.58. The Balaban J connectivity index is 2.52. The van der Waals surface area contributed by atoms with Crippen LogP contribution >= 0.6 is 59.1 Å². The summed E-state index contributed by atoms with van der Waals surface area (Å²) in [5.41, 5.74) is 1.23. The molecule has 0 saturated carbocycles. The molecule has 0 atom stereocenters. The Morgan fingerprint density at radius 1 is 1.39 bits per heavy atom. The molecule has 0 fully saturated rings. The molecule has 0 aliphatic heterocycles. The predicted molar refractivity (Wildman–Crippen MR) is 83.5 cm³/mol. The van der Waals surface area contributed by atoms with Crippen LogP contribution in [-0.4, -0.2) is 15.6 Å². The van der Waals surface area contributed by atoms with Crippen molar-refractivity contribution in [2.75, 3.05) is 0 Å². The van der Waals surface area contributed by atoms with Crippen LogP contribution in [0, 0.1) is 0 Å². The second kappa shape index (κ2) is 5.56. The number of rotatable bonds is 3. The lowest BCUT2D eigenvalue weighted by Gasteiger charge is -2.10. The summed E-state index contributed by atoms with van der Waals surface area (Å²) in [5.74, 6) is -0.0399. The van der Waals surface area contributed by atoms with Gasteiger partial charge in [0.05, 0.1) is 23.8 Å². The normalized spacial score (nSPS) is 11.2. The minimum atomic E-state index is -0.0399. The minimum absolute atomic E-state index is 0.0399. The molecule has 18 heavy (non-hydrogen) atoms. The van der Waals surface area contributed by atoms with Gasteiger partial charge in [0.25, 0.3) is 0 Å². The molecule has 0 radical (unpaired) electrons. The van der Waals surface area contributed by atoms with Gasteiger partial charge >= 0.3 is 0 Å². The number of hydrogen-bond donors (Lipinski definition) is 0. The van der Waals surface area contributed by atoms with Crippen LogP contribution in [0.15, 0.2) is 24.3 Å². The maximum Gasteiger partial charge on any atom is 0.214 e. The molecule has 0 unspecified atom stereocenters. The van der Waals surface area contributed by atoms with Crippen LogP contribution in [0.5, 0.6) is 0 Å². The molecule has 2 rings (SSSR count). The lowest BCUT2D eigenvalue weighted by Crippen LogP contribution is -2.13. The van der Waals surface area contributed by atoms with Crippen LogP contribution < -0.4 is 0 Å². The fourth-order valence-electron chi connectivity index (χ4n) is 1.57. The van der Waals surface area contributed by atoms with Crippen molar-refractivity contribution in [3.8, 4) is 0 Å². The molecule has 0 N–H and O–H groups in total. The highest BCUT2D eigenvalue weighted by Gasteiger charge is 2.23. The minimum Gasteiger partial charge on any atom is -0.287 e. The fourth-order valence-corrected chi connectivity index (χ4v) is 4.81. The molecule has 2 heterocycles. The summed E-state index contributed by atoms with van der Waals surface area (Å²) in [6.45, 7) is 3.99. The number of carbonyl (C=O) groups is 1. The summed E-state index contributed by atoms with van der Waals surface area (Å²) in [5, 5.41) is 4.22. The number of nitrogens with zero attached hydrogens (tertiary/aromatic N) is 2. The van der Waals surface area contributed by atoms with Gasteiger partial charge in [-0.1, -0.05) is 0 Å². The van der Waals surface area contributed by atoms with Gasteiger partial charge in [0.15, 0.2) is 0 Å². The zero-order valence-corrected chi connectivity index (χ0v) is 15.2. The second-order valence-corrected chi connectivity index (χ2v) is 8.55. The largest absolute Gasteiger partial charge is 0.287 e. The van der Waals surface area contributed by atoms with Gasteiger partial charge < -0.3 is 0 Å². The van der Waals surface area contributed by atoms with E-state index in [0.29, 0.717) is 11.3 Å². The maximum absolute atomic E-state index is 12.6. The number of halogens is 3. The smallest absolute Gasteiger partial charge is 0.214 e. The van der Waals surface area contributed by atoms with Crippen molar-refractivity contribution in [1.82, 2.24) is 9.78 Å². The molecular weight excluding hydrogens is 448 g/mol. The molecule has 0 spiro atoms. The molecule has 3 nitrogen and oxygen atoms in total. The quantitative estimate of drug-likeness (QED) is 0.606. The Morgan fingerprint density at radius 2 is 2.06 bits per heavy atom. The van der Waals surface area contributed by atoms with Crippen molar-refractivity contribution in [2.45, 2.75) is 19.9 Å². The third-order valence-electron chi connectivity index (χ3n) is 2.36. The van der Waals surface area contributed by atoms with Crippen molar-refractivity contribution >= 4 is 64.9 Å². The van der Waals surface area contributed by atoms with E-state index in [1.807, 2.05) is 19.9 Å². The summed E-state index contributed by atoms with van der Waals surface area (Å²) in [7, 11) is 0. The molecule has 0 aromatic carbocycles. The Labute approximate surface area is 134 Å². The Kier molecular flexibility index (Phi) is 4.46. The number of thiophene rings is 1. The number of hydrogen-bond acceptors (Lipinski definition) is 3. The van der Waals surface area contributed by atoms with Crippen molar-refractivity contribution in [3.05, 3.63) is 35.6 Å². The van der Waals surface area contributed by atoms with Crippen molar-refractivity contribution in [3.63, 3.8) is 0 Å². The fraction of sp³-hybridized carbons (Fsp3) is 0.273. The summed E-state index contributed by atoms with van der Waals surface area (Å²) >= 11 is 11.7. The first kappa shape index (κ1) is 14.4. The van der Waals surface area contributed by atoms with E-state index in [1.54, 1.807) is 10.9 Å². The van der Waals surface area contributed by atoms with Gasteiger partial charge in [-0.05, 0) is 67.7 Å². The first-order chi connectivity index (χ1) is 8.41. The van der Waals surface area contributed by atoms with Crippen LogP contribution in [0.2, 0.25) is 0 Å². The molecule has 96 valence electrons. The molecule has 0 amide bonds. The van der Waals surface area contributed by atoms with E-state index in [2.05, 4.69) is 52.9 Å². The summed E-state index contributed by atoms with van der Waals surface area (Å²) in [6.07, 6.45) is 1.66. The number of aromatic nitrogens is 2. The van der Waals surface area contributed by atoms with Gasteiger partial charge in [0.1, 0.15) is 5.69 Å². The Bertz CT molecular complexity index is 603. The van der Waals surface area contributed by atoms with Crippen molar-refractivity contribution < 1.29 is 4.79 Å². The third-order valence-corrected chi connectivity index (χ3v) is 5.28. The first-order valence-electron chi connectivity index (χ1n) is 5.14. The van der Waals surface area contributed by atoms with Crippen molar-refractivity contribution in [2.24, 2.45) is 0 Å². The lowest BCUT2D eigenvalue weighted by atomic mass is 10.1. The molecule has 0 aliphatic carbocycles. The summed E-state index contributed by atoms with van der Waals surface area (Å²) in [4.78, 5) is 12.6. The maximum atomic E-state index is 12.6. The van der Waals surface area contributed by atoms with E-state index in [0.717, 1.165) is 12.0 Å². The standard InChI is InChI=1S/C11H9Br3N2OS/c1-5(2)16-9(7(12)4-15-16)10(17)6-3-8(13)18-11(6)14/h3-5H,1-2H3. The Morgan fingerprint density at radius 3 is 2.56 bits per heavy atom. The van der Waals surface area contributed by atoms with Crippen LogP contribution in [0.25, 0.3) is 0 Å². The molecule has 2 aromatic heterocycles. The first-order valence-corrected chi connectivity index (χ1v) is 8.34. The monoisotopic (exact) mass is 454 g/mol. The van der Waals surface area contributed by atoms with Gasteiger partial charge in [-0.25, -0.2) is 0 Å². The average molecular weight is 457 g/mol. The topological polar surface area (TPSA) is 34.9 Å². The number of carbonyl (C=O) groups excluding carboxylic acids is 1. The van der Waals surface area contributed by atoms with E-state index < -0.39 is 0 Å². The predicted octanol–water partition coefficient (Wildman–Crippen LogP) is 5.04. The van der Waals surface area contributed by atoms with Gasteiger partial charge in [-0.3, -0.25) is 9.48 Å². The average Bonchev–Trinajstić information content (AvgIpc) is 2.81. The number of ketones is 1. The third kappa shape index (κ3) is 2.64. The van der Waals surface area contributed by atoms with E-state index >= 15 is 0 Å². The highest BCUT2D eigenvalue weighted by Crippen LogP contribution is 2.34. The van der Waals surface area contributed by atoms with Crippen LogP contribution in [0.1, 0.15) is 35.9 Å². The van der Waals surface area contributed by atoms with Crippen LogP contribution in [-0.2, 0) is 0 Å². The van der Waals surface area contributed by atoms with Crippen LogP contribution in [0.4, 0.5) is 0 Å². The molecule has 0 bridgehead atoms. The van der Waals surface area contributed by atoms with E-state index in [9.17, 15) is 4.79 Å². The van der Waals surface area contributed by atoms with E-state index in [-0.39, 0.29) is 11.8 Å². The highest BCUT2D eigenvalue weighted by atomic mass is 79.9. The van der Waals surface area contributed by atoms with Crippen molar-refractivity contribution in [1.29, 1.82) is 0 Å². The van der Waals surface area contributed by atoms with Gasteiger partial charge in [-0.15, -0.1) is 11.3 Å². The zero-order chi connectivity index (χ0) is 13.4. The molecule has 2 aromatic rings. The van der Waals surface area contributed by atoms with E-state index in [4.69, 9.17) is 0 Å². The summed E-state index contributed by atoms with van der Waals surface area (Å²) < 4.78 is 4.19. The van der Waals surface area contributed by atoms with E-state index in [1.165, 1.54) is 11.3 Å². The van der Waals surface area contributed by atoms with Crippen LogP contribution in [0.3, 0.4) is 0 Å². The molecular formula is C11H9Br3N2OS. The SMILES string of the molecule is CC(C)n1ncc(Br)c1C(=O)c1cc(Br)sc1Br.